The first-order chi connectivity index (χ1) is 12.2. The van der Waals surface area contributed by atoms with E-state index in [-0.39, 0.29) is 5.91 Å². The fraction of sp³-hybridized carbons (Fsp3) is 0.0526. The van der Waals surface area contributed by atoms with Crippen LogP contribution < -0.4 is 5.32 Å². The molecule has 1 amide bonds. The molecule has 25 heavy (non-hydrogen) atoms. The first-order valence-corrected chi connectivity index (χ1v) is 7.82. The molecule has 2 aromatic carbocycles. The van der Waals surface area contributed by atoms with Crippen molar-refractivity contribution in [3.63, 3.8) is 0 Å². The highest BCUT2D eigenvalue weighted by molar-refractivity contribution is 6.03. The number of benzene rings is 2. The first-order valence-electron chi connectivity index (χ1n) is 7.82. The number of carbonyl (C=O) groups excluding carboxylic acids is 1. The average molecular weight is 329 g/mol. The van der Waals surface area contributed by atoms with Crippen LogP contribution in [-0.4, -0.2) is 25.7 Å². The molecule has 4 rings (SSSR count). The van der Waals surface area contributed by atoms with Crippen molar-refractivity contribution >= 4 is 22.6 Å². The molecule has 6 heteroatoms. The van der Waals surface area contributed by atoms with Crippen LogP contribution in [0.25, 0.3) is 22.3 Å². The summed E-state index contributed by atoms with van der Waals surface area (Å²) in [5.74, 6) is -0.196. The number of rotatable bonds is 3. The number of fused-ring (bicyclic) bond motifs is 1. The lowest BCUT2D eigenvalue weighted by Gasteiger charge is -2.07. The molecule has 0 saturated heterocycles. The third-order valence-corrected chi connectivity index (χ3v) is 3.94. The number of anilines is 1. The van der Waals surface area contributed by atoms with Gasteiger partial charge in [-0.05, 0) is 30.3 Å². The van der Waals surface area contributed by atoms with Crippen LogP contribution in [0.2, 0.25) is 0 Å². The Morgan fingerprint density at radius 3 is 2.48 bits per heavy atom. The Labute approximate surface area is 144 Å². The Bertz CT molecular complexity index is 1050. The molecule has 0 atom stereocenters. The van der Waals surface area contributed by atoms with Gasteiger partial charge < -0.3 is 5.32 Å². The zero-order chi connectivity index (χ0) is 17.2. The van der Waals surface area contributed by atoms with Gasteiger partial charge in [0.05, 0.1) is 22.9 Å². The van der Waals surface area contributed by atoms with Crippen molar-refractivity contribution in [1.82, 2.24) is 19.7 Å². The fourth-order valence-electron chi connectivity index (χ4n) is 2.61. The van der Waals surface area contributed by atoms with Gasteiger partial charge in [-0.1, -0.05) is 24.3 Å². The minimum atomic E-state index is -0.196. The lowest BCUT2D eigenvalue weighted by Crippen LogP contribution is -2.15. The summed E-state index contributed by atoms with van der Waals surface area (Å²) in [5, 5.41) is 6.86. The van der Waals surface area contributed by atoms with Gasteiger partial charge in [-0.2, -0.15) is 5.10 Å². The van der Waals surface area contributed by atoms with E-state index in [1.165, 1.54) is 4.68 Å². The number of nitrogens with zero attached hydrogens (tertiary/aromatic N) is 4. The number of amides is 1. The Morgan fingerprint density at radius 2 is 1.76 bits per heavy atom. The summed E-state index contributed by atoms with van der Waals surface area (Å²) in [5.41, 5.74) is 4.67. The monoisotopic (exact) mass is 329 g/mol. The van der Waals surface area contributed by atoms with Crippen molar-refractivity contribution in [3.8, 4) is 11.3 Å². The van der Waals surface area contributed by atoms with E-state index in [9.17, 15) is 4.79 Å². The minimum Gasteiger partial charge on any atom is -0.321 e. The largest absolute Gasteiger partial charge is 0.321 e. The van der Waals surface area contributed by atoms with Gasteiger partial charge in [-0.3, -0.25) is 14.5 Å². The molecule has 2 heterocycles. The molecule has 0 aliphatic heterocycles. The smallest absolute Gasteiger partial charge is 0.273 e. The number of nitrogens with one attached hydrogen (secondary N) is 1. The number of hydrogen-bond acceptors (Lipinski definition) is 4. The quantitative estimate of drug-likeness (QED) is 0.626. The normalized spacial score (nSPS) is 10.8. The van der Waals surface area contributed by atoms with Gasteiger partial charge in [0.25, 0.3) is 5.91 Å². The highest BCUT2D eigenvalue weighted by Gasteiger charge is 2.10. The molecule has 0 fully saturated rings. The summed E-state index contributed by atoms with van der Waals surface area (Å²) in [7, 11) is 1.73. The Morgan fingerprint density at radius 1 is 1.00 bits per heavy atom. The highest BCUT2D eigenvalue weighted by Crippen LogP contribution is 2.21. The standard InChI is InChI=1S/C19H15N5O/c1-24-18(10-11-21-24)19(25)22-14-8-6-13(7-9-14)17-12-20-15-4-2-3-5-16(15)23-17/h2-12H,1H3,(H,22,25). The molecule has 1 N–H and O–H groups in total. The van der Waals surface area contributed by atoms with Crippen LogP contribution in [0.1, 0.15) is 10.5 Å². The van der Waals surface area contributed by atoms with E-state index in [0.717, 1.165) is 22.3 Å². The van der Waals surface area contributed by atoms with Crippen molar-refractivity contribution in [1.29, 1.82) is 0 Å². The van der Waals surface area contributed by atoms with Crippen LogP contribution >= 0.6 is 0 Å². The molecule has 0 aliphatic carbocycles. The summed E-state index contributed by atoms with van der Waals surface area (Å²) in [6.45, 7) is 0. The van der Waals surface area contributed by atoms with Crippen molar-refractivity contribution in [3.05, 3.63) is 72.7 Å². The molecule has 0 aliphatic rings. The van der Waals surface area contributed by atoms with Gasteiger partial charge in [0, 0.05) is 24.5 Å². The van der Waals surface area contributed by atoms with Crippen molar-refractivity contribution < 1.29 is 4.79 Å². The number of aromatic nitrogens is 4. The topological polar surface area (TPSA) is 72.7 Å². The van der Waals surface area contributed by atoms with Gasteiger partial charge in [-0.15, -0.1) is 0 Å². The van der Waals surface area contributed by atoms with Crippen LogP contribution in [0, 0.1) is 0 Å². The second-order valence-electron chi connectivity index (χ2n) is 5.62. The molecule has 0 unspecified atom stereocenters. The van der Waals surface area contributed by atoms with Crippen LogP contribution in [0.15, 0.2) is 67.0 Å². The number of para-hydroxylation sites is 2. The highest BCUT2D eigenvalue weighted by atomic mass is 16.2. The van der Waals surface area contributed by atoms with Gasteiger partial charge in [0.2, 0.25) is 0 Å². The molecule has 0 saturated carbocycles. The van der Waals surface area contributed by atoms with Crippen LogP contribution in [0.4, 0.5) is 5.69 Å². The molecular formula is C19H15N5O. The van der Waals surface area contributed by atoms with Gasteiger partial charge in [-0.25, -0.2) is 4.98 Å². The third kappa shape index (κ3) is 2.97. The maximum Gasteiger partial charge on any atom is 0.273 e. The SMILES string of the molecule is Cn1nccc1C(=O)Nc1ccc(-c2cnc3ccccc3n2)cc1. The Hall–Kier alpha value is -3.54. The average Bonchev–Trinajstić information content (AvgIpc) is 3.08. The summed E-state index contributed by atoms with van der Waals surface area (Å²) in [6, 6.07) is 17.0. The molecule has 0 bridgehead atoms. The van der Waals surface area contributed by atoms with E-state index in [2.05, 4.69) is 20.4 Å². The second kappa shape index (κ2) is 6.16. The van der Waals surface area contributed by atoms with E-state index in [1.807, 2.05) is 48.5 Å². The Kier molecular flexibility index (Phi) is 3.70. The zero-order valence-electron chi connectivity index (χ0n) is 13.5. The molecule has 122 valence electrons. The lowest BCUT2D eigenvalue weighted by atomic mass is 10.1. The molecular weight excluding hydrogens is 314 g/mol. The van der Waals surface area contributed by atoms with Crippen LogP contribution in [0.3, 0.4) is 0 Å². The predicted octanol–water partition coefficient (Wildman–Crippen LogP) is 3.28. The van der Waals surface area contributed by atoms with E-state index in [1.54, 1.807) is 25.5 Å². The maximum atomic E-state index is 12.2. The Balaban J connectivity index is 1.57. The fourth-order valence-corrected chi connectivity index (χ4v) is 2.61. The summed E-state index contributed by atoms with van der Waals surface area (Å²) < 4.78 is 1.54. The van der Waals surface area contributed by atoms with Crippen molar-refractivity contribution in [2.24, 2.45) is 7.05 Å². The van der Waals surface area contributed by atoms with Gasteiger partial charge >= 0.3 is 0 Å². The van der Waals surface area contributed by atoms with Crippen molar-refractivity contribution in [2.45, 2.75) is 0 Å². The van der Waals surface area contributed by atoms with Gasteiger partial charge in [0.1, 0.15) is 5.69 Å². The lowest BCUT2D eigenvalue weighted by molar-refractivity contribution is 0.101. The summed E-state index contributed by atoms with van der Waals surface area (Å²) in [4.78, 5) is 21.3. The summed E-state index contributed by atoms with van der Waals surface area (Å²) >= 11 is 0. The second-order valence-corrected chi connectivity index (χ2v) is 5.62. The molecule has 4 aromatic rings. The number of aryl methyl sites for hydroxylation is 1. The molecule has 2 aromatic heterocycles. The minimum absolute atomic E-state index is 0.196. The van der Waals surface area contributed by atoms with E-state index >= 15 is 0 Å². The van der Waals surface area contributed by atoms with Crippen LogP contribution in [-0.2, 0) is 7.05 Å². The molecule has 0 radical (unpaired) electrons. The third-order valence-electron chi connectivity index (χ3n) is 3.94. The zero-order valence-corrected chi connectivity index (χ0v) is 13.5. The number of hydrogen-bond donors (Lipinski definition) is 1. The predicted molar refractivity (Wildman–Crippen MR) is 96.1 cm³/mol. The maximum absolute atomic E-state index is 12.2. The molecule has 6 nitrogen and oxygen atoms in total. The van der Waals surface area contributed by atoms with Gasteiger partial charge in [0.15, 0.2) is 0 Å². The van der Waals surface area contributed by atoms with E-state index in [0.29, 0.717) is 11.4 Å². The van der Waals surface area contributed by atoms with Crippen LogP contribution in [0.5, 0.6) is 0 Å². The number of carbonyl (C=O) groups is 1. The molecule has 0 spiro atoms. The van der Waals surface area contributed by atoms with E-state index in [4.69, 9.17) is 0 Å². The summed E-state index contributed by atoms with van der Waals surface area (Å²) in [6.07, 6.45) is 3.35. The first kappa shape index (κ1) is 15.0. The van der Waals surface area contributed by atoms with E-state index < -0.39 is 0 Å². The van der Waals surface area contributed by atoms with Crippen molar-refractivity contribution in [2.75, 3.05) is 5.32 Å².